The summed E-state index contributed by atoms with van der Waals surface area (Å²) < 4.78 is 0. The molecule has 0 aliphatic heterocycles. The lowest BCUT2D eigenvalue weighted by Gasteiger charge is -2.20. The van der Waals surface area contributed by atoms with Gasteiger partial charge in [-0.25, -0.2) is 0 Å². The van der Waals surface area contributed by atoms with Crippen LogP contribution in [0, 0.1) is 46.3 Å². The molecule has 0 amide bonds. The SMILES string of the molecule is N#C[C@H]1CC[C@H](C(=O)O)CC1.N#C[C@H]1CC[C@H](C(=O)O)CC1.OCO. The monoisotopic (exact) mass is 354 g/mol. The van der Waals surface area contributed by atoms with Gasteiger partial charge in [-0.3, -0.25) is 9.59 Å². The Morgan fingerprint density at radius 3 is 1.12 bits per heavy atom. The lowest BCUT2D eigenvalue weighted by atomic mass is 9.83. The maximum absolute atomic E-state index is 10.5. The lowest BCUT2D eigenvalue weighted by molar-refractivity contribution is -0.143. The summed E-state index contributed by atoms with van der Waals surface area (Å²) in [4.78, 5) is 20.9. The standard InChI is InChI=1S/2C8H11NO2.CH4O2/c2*9-5-6-1-3-7(4-2-6)8(10)11;2-1-3/h2*6-7H,1-4H2,(H,10,11);2-3H,1H2/t2*6-,7-;. The minimum Gasteiger partial charge on any atom is -0.481 e. The molecule has 2 saturated carbocycles. The van der Waals surface area contributed by atoms with Crippen molar-refractivity contribution < 1.29 is 30.0 Å². The number of hydrogen-bond donors (Lipinski definition) is 4. The molecule has 0 radical (unpaired) electrons. The van der Waals surface area contributed by atoms with Crippen molar-refractivity contribution in [2.45, 2.75) is 51.4 Å². The van der Waals surface area contributed by atoms with E-state index in [1.54, 1.807) is 0 Å². The molecule has 2 rings (SSSR count). The van der Waals surface area contributed by atoms with Crippen molar-refractivity contribution in [3.8, 4) is 12.1 Å². The van der Waals surface area contributed by atoms with Gasteiger partial charge in [0, 0.05) is 11.8 Å². The summed E-state index contributed by atoms with van der Waals surface area (Å²) in [6.07, 6.45) is 5.73. The molecular formula is C17H26N2O6. The number of rotatable bonds is 2. The van der Waals surface area contributed by atoms with Crippen LogP contribution in [0.1, 0.15) is 51.4 Å². The summed E-state index contributed by atoms with van der Waals surface area (Å²) in [6.45, 7) is -0.750. The summed E-state index contributed by atoms with van der Waals surface area (Å²) in [5.41, 5.74) is 0. The summed E-state index contributed by atoms with van der Waals surface area (Å²) >= 11 is 0. The summed E-state index contributed by atoms with van der Waals surface area (Å²) in [5.74, 6) is -1.60. The fraction of sp³-hybridized carbons (Fsp3) is 0.765. The number of hydrogen-bond acceptors (Lipinski definition) is 6. The summed E-state index contributed by atoms with van der Waals surface area (Å²) in [7, 11) is 0. The van der Waals surface area contributed by atoms with Gasteiger partial charge in [-0.1, -0.05) is 0 Å². The predicted molar refractivity (Wildman–Crippen MR) is 86.7 cm³/mol. The summed E-state index contributed by atoms with van der Waals surface area (Å²) in [6, 6.07) is 4.34. The van der Waals surface area contributed by atoms with E-state index in [1.807, 2.05) is 0 Å². The Kier molecular flexibility index (Phi) is 12.0. The van der Waals surface area contributed by atoms with E-state index in [-0.39, 0.29) is 23.7 Å². The first-order chi connectivity index (χ1) is 11.9. The number of aliphatic carboxylic acids is 2. The third-order valence-electron chi connectivity index (χ3n) is 4.52. The maximum atomic E-state index is 10.5. The molecule has 2 aliphatic carbocycles. The molecule has 2 aliphatic rings. The minimum atomic E-state index is -0.750. The Bertz CT molecular complexity index is 436. The number of aliphatic hydroxyl groups excluding tert-OH is 1. The number of nitrogens with zero attached hydrogens (tertiary/aromatic N) is 2. The van der Waals surface area contributed by atoms with Gasteiger partial charge in [-0.15, -0.1) is 0 Å². The Morgan fingerprint density at radius 1 is 0.720 bits per heavy atom. The fourth-order valence-corrected chi connectivity index (χ4v) is 2.94. The second-order valence-electron chi connectivity index (χ2n) is 6.17. The van der Waals surface area contributed by atoms with Gasteiger partial charge in [0.1, 0.15) is 6.79 Å². The van der Waals surface area contributed by atoms with Crippen molar-refractivity contribution in [3.63, 3.8) is 0 Å². The second-order valence-corrected chi connectivity index (χ2v) is 6.17. The van der Waals surface area contributed by atoms with Crippen LogP contribution in [0.25, 0.3) is 0 Å². The molecule has 8 heteroatoms. The molecule has 0 saturated heterocycles. The first kappa shape index (κ1) is 22.8. The molecule has 0 aromatic heterocycles. The van der Waals surface area contributed by atoms with Crippen molar-refractivity contribution in [1.82, 2.24) is 0 Å². The molecule has 0 aromatic carbocycles. The van der Waals surface area contributed by atoms with Crippen molar-refractivity contribution in [2.75, 3.05) is 6.79 Å². The molecule has 0 heterocycles. The average Bonchev–Trinajstić information content (AvgIpc) is 2.63. The van der Waals surface area contributed by atoms with Crippen molar-refractivity contribution >= 4 is 11.9 Å². The normalized spacial score (nSPS) is 27.8. The quantitative estimate of drug-likeness (QED) is 0.545. The van der Waals surface area contributed by atoms with Gasteiger partial charge in [0.05, 0.1) is 24.0 Å². The summed E-state index contributed by atoms with van der Waals surface area (Å²) in [5, 5.41) is 48.5. The van der Waals surface area contributed by atoms with E-state index in [4.69, 9.17) is 30.9 Å². The average molecular weight is 354 g/mol. The Hall–Kier alpha value is -2.16. The van der Waals surface area contributed by atoms with Crippen LogP contribution in [0.15, 0.2) is 0 Å². The van der Waals surface area contributed by atoms with Crippen LogP contribution >= 0.6 is 0 Å². The Morgan fingerprint density at radius 2 is 0.960 bits per heavy atom. The molecule has 2 fully saturated rings. The molecule has 0 bridgehead atoms. The van der Waals surface area contributed by atoms with E-state index in [2.05, 4.69) is 12.1 Å². The molecular weight excluding hydrogens is 328 g/mol. The first-order valence-electron chi connectivity index (χ1n) is 8.36. The predicted octanol–water partition coefficient (Wildman–Crippen LogP) is 1.73. The van der Waals surface area contributed by atoms with Crippen LogP contribution in [0.5, 0.6) is 0 Å². The van der Waals surface area contributed by atoms with Gasteiger partial charge in [-0.05, 0) is 51.4 Å². The third kappa shape index (κ3) is 9.65. The molecule has 140 valence electrons. The van der Waals surface area contributed by atoms with Crippen molar-refractivity contribution in [3.05, 3.63) is 0 Å². The zero-order chi connectivity index (χ0) is 19.2. The van der Waals surface area contributed by atoms with Gasteiger partial charge >= 0.3 is 11.9 Å². The van der Waals surface area contributed by atoms with Crippen molar-refractivity contribution in [2.24, 2.45) is 23.7 Å². The smallest absolute Gasteiger partial charge is 0.306 e. The Labute approximate surface area is 147 Å². The largest absolute Gasteiger partial charge is 0.481 e. The van der Waals surface area contributed by atoms with Crippen LogP contribution in [-0.4, -0.2) is 39.2 Å². The van der Waals surface area contributed by atoms with Crippen molar-refractivity contribution in [1.29, 1.82) is 10.5 Å². The van der Waals surface area contributed by atoms with Crippen LogP contribution < -0.4 is 0 Å². The highest BCUT2D eigenvalue weighted by Crippen LogP contribution is 2.28. The highest BCUT2D eigenvalue weighted by molar-refractivity contribution is 5.70. The maximum Gasteiger partial charge on any atom is 0.306 e. The topological polar surface area (TPSA) is 163 Å². The van der Waals surface area contributed by atoms with Crippen LogP contribution in [-0.2, 0) is 9.59 Å². The molecule has 0 aromatic rings. The zero-order valence-corrected chi connectivity index (χ0v) is 14.2. The molecule has 25 heavy (non-hydrogen) atoms. The molecule has 0 unspecified atom stereocenters. The van der Waals surface area contributed by atoms with Crippen LogP contribution in [0.2, 0.25) is 0 Å². The van der Waals surface area contributed by atoms with Crippen LogP contribution in [0.4, 0.5) is 0 Å². The van der Waals surface area contributed by atoms with Gasteiger partial charge in [0.15, 0.2) is 0 Å². The van der Waals surface area contributed by atoms with E-state index >= 15 is 0 Å². The van der Waals surface area contributed by atoms with Gasteiger partial charge < -0.3 is 20.4 Å². The lowest BCUT2D eigenvalue weighted by Crippen LogP contribution is -2.20. The molecule has 0 spiro atoms. The zero-order valence-electron chi connectivity index (χ0n) is 14.2. The van der Waals surface area contributed by atoms with Gasteiger partial charge in [0.25, 0.3) is 0 Å². The van der Waals surface area contributed by atoms with Gasteiger partial charge in [-0.2, -0.15) is 10.5 Å². The fourth-order valence-electron chi connectivity index (χ4n) is 2.94. The number of carboxylic acid groups (broad SMARTS) is 2. The highest BCUT2D eigenvalue weighted by atomic mass is 16.5. The number of nitriles is 2. The second kappa shape index (κ2) is 13.2. The number of carbonyl (C=O) groups is 2. The van der Waals surface area contributed by atoms with Gasteiger partial charge in [0.2, 0.25) is 0 Å². The first-order valence-corrected chi connectivity index (χ1v) is 8.36. The highest BCUT2D eigenvalue weighted by Gasteiger charge is 2.26. The molecule has 0 atom stereocenters. The van der Waals surface area contributed by atoms with E-state index in [1.165, 1.54) is 0 Å². The van der Waals surface area contributed by atoms with Crippen LogP contribution in [0.3, 0.4) is 0 Å². The van der Waals surface area contributed by atoms with E-state index in [0.29, 0.717) is 25.7 Å². The minimum absolute atomic E-state index is 0.102. The van der Waals surface area contributed by atoms with E-state index in [0.717, 1.165) is 25.7 Å². The number of carboxylic acids is 2. The van der Waals surface area contributed by atoms with E-state index in [9.17, 15) is 9.59 Å². The Balaban J connectivity index is 0.000000399. The number of aliphatic hydroxyl groups is 2. The van der Waals surface area contributed by atoms with E-state index < -0.39 is 18.7 Å². The molecule has 8 nitrogen and oxygen atoms in total. The third-order valence-corrected chi connectivity index (χ3v) is 4.52. The molecule has 4 N–H and O–H groups in total.